The van der Waals surface area contributed by atoms with E-state index >= 15 is 0 Å². The second-order valence-corrected chi connectivity index (χ2v) is 12.7. The van der Waals surface area contributed by atoms with Gasteiger partial charge in [-0.3, -0.25) is 4.79 Å². The molecule has 0 amide bonds. The van der Waals surface area contributed by atoms with Gasteiger partial charge in [-0.2, -0.15) is 0 Å². The first kappa shape index (κ1) is 31.0. The number of aromatic nitrogens is 2. The van der Waals surface area contributed by atoms with Crippen molar-refractivity contribution in [3.05, 3.63) is 138 Å². The molecule has 0 spiro atoms. The highest BCUT2D eigenvalue weighted by molar-refractivity contribution is 9.10. The maximum absolute atomic E-state index is 12.9. The molecule has 4 aromatic carbocycles. The molecule has 7 nitrogen and oxygen atoms in total. The van der Waals surface area contributed by atoms with Gasteiger partial charge in [0.1, 0.15) is 17.2 Å². The Hall–Kier alpha value is -4.02. The number of pyridine rings is 2. The first-order valence-electron chi connectivity index (χ1n) is 13.7. The molecule has 3 N–H and O–H groups in total. The third-order valence-corrected chi connectivity index (χ3v) is 8.99. The van der Waals surface area contributed by atoms with E-state index in [-0.39, 0.29) is 22.2 Å². The highest BCUT2D eigenvalue weighted by Gasteiger charge is 2.26. The fourth-order valence-corrected chi connectivity index (χ4v) is 6.41. The lowest BCUT2D eigenvalue weighted by Gasteiger charge is -2.12. The number of anilines is 2. The number of benzene rings is 4. The minimum absolute atomic E-state index is 0.0202. The van der Waals surface area contributed by atoms with E-state index in [1.165, 1.54) is 0 Å². The van der Waals surface area contributed by atoms with E-state index in [1.54, 1.807) is 12.1 Å². The molecule has 0 aliphatic carbocycles. The van der Waals surface area contributed by atoms with E-state index in [4.69, 9.17) is 23.2 Å². The van der Waals surface area contributed by atoms with Crippen LogP contribution in [-0.2, 0) is 13.1 Å². The normalized spacial score (nSPS) is 12.0. The predicted molar refractivity (Wildman–Crippen MR) is 187 cm³/mol. The molecule has 1 aliphatic rings. The van der Waals surface area contributed by atoms with E-state index in [1.807, 2.05) is 78.9 Å². The number of halogens is 4. The number of hydrogen-bond acceptors (Lipinski definition) is 6. The Labute approximate surface area is 284 Å². The minimum Gasteiger partial charge on any atom is -0.478 e. The number of nitrogens with one attached hydrogen (secondary N) is 2. The fourth-order valence-electron chi connectivity index (χ4n) is 5.04. The van der Waals surface area contributed by atoms with Crippen molar-refractivity contribution in [2.45, 2.75) is 13.1 Å². The quantitative estimate of drug-likeness (QED) is 0.164. The van der Waals surface area contributed by atoms with E-state index in [9.17, 15) is 14.7 Å². The second-order valence-electron chi connectivity index (χ2n) is 10.1. The van der Waals surface area contributed by atoms with Crippen LogP contribution in [0.2, 0.25) is 10.0 Å². The van der Waals surface area contributed by atoms with Crippen LogP contribution in [0.25, 0.3) is 21.8 Å². The molecule has 0 unspecified atom stereocenters. The number of carbonyl (C=O) groups is 2. The fraction of sp³-hybridized carbons (Fsp3) is 0.0588. The monoisotopic (exact) mass is 762 g/mol. The Morgan fingerprint density at radius 2 is 1.47 bits per heavy atom. The van der Waals surface area contributed by atoms with Gasteiger partial charge >= 0.3 is 5.97 Å². The number of carboxylic acid groups (broad SMARTS) is 1. The Morgan fingerprint density at radius 1 is 0.844 bits per heavy atom. The van der Waals surface area contributed by atoms with Crippen LogP contribution in [0.4, 0.5) is 11.6 Å². The van der Waals surface area contributed by atoms with Crippen LogP contribution in [0, 0.1) is 0 Å². The van der Waals surface area contributed by atoms with E-state index in [2.05, 4.69) is 52.5 Å². The van der Waals surface area contributed by atoms with Crippen molar-refractivity contribution in [1.29, 1.82) is 0 Å². The lowest BCUT2D eigenvalue weighted by molar-refractivity contribution is 0.0697. The number of ketones is 1. The number of fused-ring (bicyclic) bond motifs is 4. The number of aromatic carboxylic acids is 1. The second kappa shape index (κ2) is 13.1. The smallest absolute Gasteiger partial charge is 0.341 e. The van der Waals surface area contributed by atoms with Crippen LogP contribution in [-0.4, -0.2) is 26.8 Å². The average molecular weight is 765 g/mol. The van der Waals surface area contributed by atoms with Crippen molar-refractivity contribution < 1.29 is 14.7 Å². The summed E-state index contributed by atoms with van der Waals surface area (Å²) in [6.45, 7) is 1.02. The summed E-state index contributed by atoms with van der Waals surface area (Å²) in [7, 11) is 0. The number of hydrogen-bond donors (Lipinski definition) is 3. The van der Waals surface area contributed by atoms with Gasteiger partial charge < -0.3 is 15.7 Å². The molecular weight excluding hydrogens is 743 g/mol. The SMILES string of the molecule is O=C(O)c1c(NCc2ccccc2)nc2ccc(Br)cc2c1Cl.O=C1c2ccccc2CNc2nc3ccc(Br)cc3c(Cl)c21. The van der Waals surface area contributed by atoms with E-state index in [0.717, 1.165) is 31.0 Å². The van der Waals surface area contributed by atoms with Gasteiger partial charge in [-0.25, -0.2) is 14.8 Å². The summed E-state index contributed by atoms with van der Waals surface area (Å²) in [4.78, 5) is 33.5. The van der Waals surface area contributed by atoms with Crippen molar-refractivity contribution in [2.24, 2.45) is 0 Å². The molecule has 0 radical (unpaired) electrons. The van der Waals surface area contributed by atoms with E-state index in [0.29, 0.717) is 46.0 Å². The Balaban J connectivity index is 0.000000159. The van der Waals surface area contributed by atoms with Gasteiger partial charge in [0, 0.05) is 38.4 Å². The average Bonchev–Trinajstić information content (AvgIpc) is 3.18. The van der Waals surface area contributed by atoms with Gasteiger partial charge in [0.2, 0.25) is 0 Å². The number of carboxylic acids is 1. The lowest BCUT2D eigenvalue weighted by Crippen LogP contribution is -2.09. The van der Waals surface area contributed by atoms with Crippen LogP contribution >= 0.6 is 55.1 Å². The summed E-state index contributed by atoms with van der Waals surface area (Å²) in [5.74, 6) is -0.392. The van der Waals surface area contributed by atoms with Gasteiger partial charge in [0.15, 0.2) is 5.78 Å². The molecule has 0 fully saturated rings. The molecule has 3 heterocycles. The summed E-state index contributed by atoms with van der Waals surface area (Å²) in [6, 6.07) is 28.3. The number of rotatable bonds is 4. The van der Waals surface area contributed by atoms with Crippen molar-refractivity contribution in [2.75, 3.05) is 10.6 Å². The molecule has 2 aromatic heterocycles. The summed E-state index contributed by atoms with van der Waals surface area (Å²) in [5.41, 5.74) is 4.47. The Bertz CT molecular complexity index is 2130. The van der Waals surface area contributed by atoms with Crippen molar-refractivity contribution in [3.63, 3.8) is 0 Å². The maximum Gasteiger partial charge on any atom is 0.341 e. The molecular formula is C34H22Br2Cl2N4O3. The molecule has 6 aromatic rings. The molecule has 11 heteroatoms. The zero-order valence-corrected chi connectivity index (χ0v) is 27.9. The van der Waals surface area contributed by atoms with Crippen molar-refractivity contribution in [1.82, 2.24) is 9.97 Å². The Kier molecular flexibility index (Phi) is 9.05. The van der Waals surface area contributed by atoms with Crippen LogP contribution in [0.3, 0.4) is 0 Å². The van der Waals surface area contributed by atoms with Crippen LogP contribution in [0.15, 0.2) is 99.9 Å². The first-order chi connectivity index (χ1) is 21.7. The standard InChI is InChI=1S/C17H12BrClN2O2.C17H10BrClN2O/c18-11-6-7-13-12(8-11)15(19)14(17(22)23)16(21-13)20-9-10-4-2-1-3-5-10;18-10-5-6-13-12(7-10)15(19)14-16(22)11-4-2-1-3-9(11)8-20-17(14)21-13/h1-8H,9H2,(H,20,21)(H,22,23);1-7H,8H2,(H,20,21). The van der Waals surface area contributed by atoms with Gasteiger partial charge in [0.05, 0.1) is 26.6 Å². The minimum atomic E-state index is -1.11. The van der Waals surface area contributed by atoms with Crippen molar-refractivity contribution >= 4 is 100 Å². The number of nitrogens with zero attached hydrogens (tertiary/aromatic N) is 2. The summed E-state index contributed by atoms with van der Waals surface area (Å²) < 4.78 is 1.72. The third-order valence-electron chi connectivity index (χ3n) is 7.22. The maximum atomic E-state index is 12.9. The Morgan fingerprint density at radius 3 is 2.16 bits per heavy atom. The van der Waals surface area contributed by atoms with Crippen molar-refractivity contribution in [3.8, 4) is 0 Å². The molecule has 0 atom stereocenters. The van der Waals surface area contributed by atoms with Gasteiger partial charge in [-0.1, -0.05) is 110 Å². The molecule has 1 aliphatic heterocycles. The van der Waals surface area contributed by atoms with Gasteiger partial charge in [-0.05, 0) is 47.5 Å². The van der Waals surface area contributed by atoms with Crippen LogP contribution < -0.4 is 10.6 Å². The summed E-state index contributed by atoms with van der Waals surface area (Å²) >= 11 is 19.6. The zero-order chi connectivity index (χ0) is 31.7. The predicted octanol–water partition coefficient (Wildman–Crippen LogP) is 9.77. The molecule has 224 valence electrons. The topological polar surface area (TPSA) is 104 Å². The van der Waals surface area contributed by atoms with Crippen LogP contribution in [0.5, 0.6) is 0 Å². The highest BCUT2D eigenvalue weighted by atomic mass is 79.9. The largest absolute Gasteiger partial charge is 0.478 e. The molecule has 45 heavy (non-hydrogen) atoms. The molecule has 0 saturated heterocycles. The highest BCUT2D eigenvalue weighted by Crippen LogP contribution is 2.36. The van der Waals surface area contributed by atoms with Gasteiger partial charge in [-0.15, -0.1) is 0 Å². The summed E-state index contributed by atoms with van der Waals surface area (Å²) in [6.07, 6.45) is 0. The zero-order valence-electron chi connectivity index (χ0n) is 23.2. The number of carbonyl (C=O) groups excluding carboxylic acids is 1. The van der Waals surface area contributed by atoms with Gasteiger partial charge in [0.25, 0.3) is 0 Å². The van der Waals surface area contributed by atoms with E-state index < -0.39 is 5.97 Å². The first-order valence-corrected chi connectivity index (χ1v) is 16.0. The van der Waals surface area contributed by atoms with Crippen LogP contribution in [0.1, 0.15) is 37.4 Å². The third kappa shape index (κ3) is 6.39. The molecule has 0 bridgehead atoms. The molecule has 7 rings (SSSR count). The summed E-state index contributed by atoms with van der Waals surface area (Å²) in [5, 5.41) is 17.8. The molecule has 0 saturated carbocycles. The lowest BCUT2D eigenvalue weighted by atomic mass is 9.99.